The molecule has 1 heterocycles. The van der Waals surface area contributed by atoms with E-state index >= 15 is 0 Å². The number of nitrogens with one attached hydrogen (secondary N) is 1. The monoisotopic (exact) mass is 246 g/mol. The van der Waals surface area contributed by atoms with Gasteiger partial charge >= 0.3 is 0 Å². The molecule has 1 aliphatic rings. The Bertz CT molecular complexity index is 349. The van der Waals surface area contributed by atoms with Gasteiger partial charge in [-0.2, -0.15) is 0 Å². The van der Waals surface area contributed by atoms with Gasteiger partial charge in [0, 0.05) is 24.3 Å². The Labute approximate surface area is 111 Å². The summed E-state index contributed by atoms with van der Waals surface area (Å²) in [6.07, 6.45) is 2.69. The van der Waals surface area contributed by atoms with E-state index in [1.165, 1.54) is 25.1 Å². The molecule has 1 saturated heterocycles. The van der Waals surface area contributed by atoms with Crippen LogP contribution in [0.3, 0.4) is 0 Å². The maximum absolute atomic E-state index is 3.53. The topological polar surface area (TPSA) is 15.3 Å². The van der Waals surface area contributed by atoms with Gasteiger partial charge < -0.3 is 5.32 Å². The summed E-state index contributed by atoms with van der Waals surface area (Å²) in [5.41, 5.74) is 1.22. The quantitative estimate of drug-likeness (QED) is 0.873. The van der Waals surface area contributed by atoms with Crippen LogP contribution in [-0.2, 0) is 0 Å². The SMILES string of the molecule is CC1CCN(C(C)CNc2ccccc2)C(C)C1. The van der Waals surface area contributed by atoms with E-state index < -0.39 is 0 Å². The molecular formula is C16H26N2. The zero-order chi connectivity index (χ0) is 13.0. The standard InChI is InChI=1S/C16H26N2/c1-13-9-10-18(14(2)11-13)15(3)12-17-16-7-5-4-6-8-16/h4-8,13-15,17H,9-12H2,1-3H3. The van der Waals surface area contributed by atoms with Gasteiger partial charge in [0.25, 0.3) is 0 Å². The van der Waals surface area contributed by atoms with Crippen LogP contribution in [-0.4, -0.2) is 30.1 Å². The third-order valence-corrected chi connectivity index (χ3v) is 4.13. The summed E-state index contributed by atoms with van der Waals surface area (Å²) >= 11 is 0. The van der Waals surface area contributed by atoms with E-state index in [4.69, 9.17) is 0 Å². The first-order chi connectivity index (χ1) is 8.66. The number of benzene rings is 1. The Morgan fingerprint density at radius 2 is 2.00 bits per heavy atom. The van der Waals surface area contributed by atoms with Crippen molar-refractivity contribution in [1.82, 2.24) is 4.90 Å². The van der Waals surface area contributed by atoms with Crippen molar-refractivity contribution < 1.29 is 0 Å². The lowest BCUT2D eigenvalue weighted by atomic mass is 9.92. The molecule has 1 aromatic carbocycles. The van der Waals surface area contributed by atoms with Crippen LogP contribution in [0.5, 0.6) is 0 Å². The van der Waals surface area contributed by atoms with E-state index in [1.807, 2.05) is 0 Å². The lowest BCUT2D eigenvalue weighted by molar-refractivity contribution is 0.0948. The first-order valence-electron chi connectivity index (χ1n) is 7.21. The predicted molar refractivity (Wildman–Crippen MR) is 79.0 cm³/mol. The van der Waals surface area contributed by atoms with Crippen molar-refractivity contribution in [3.05, 3.63) is 30.3 Å². The van der Waals surface area contributed by atoms with Crippen molar-refractivity contribution in [2.75, 3.05) is 18.4 Å². The van der Waals surface area contributed by atoms with Gasteiger partial charge in [-0.05, 0) is 51.3 Å². The molecule has 1 aliphatic heterocycles. The lowest BCUT2D eigenvalue weighted by Crippen LogP contribution is -2.47. The van der Waals surface area contributed by atoms with Crippen molar-refractivity contribution in [3.8, 4) is 0 Å². The highest BCUT2D eigenvalue weighted by Gasteiger charge is 2.26. The van der Waals surface area contributed by atoms with E-state index in [-0.39, 0.29) is 0 Å². The summed E-state index contributed by atoms with van der Waals surface area (Å²) in [5.74, 6) is 0.894. The minimum Gasteiger partial charge on any atom is -0.383 e. The predicted octanol–water partition coefficient (Wildman–Crippen LogP) is 3.61. The molecule has 18 heavy (non-hydrogen) atoms. The minimum atomic E-state index is 0.604. The average Bonchev–Trinajstić information content (AvgIpc) is 2.37. The van der Waals surface area contributed by atoms with Crippen LogP contribution in [0, 0.1) is 5.92 Å². The molecule has 0 spiro atoms. The summed E-state index contributed by atoms with van der Waals surface area (Å²) in [6.45, 7) is 9.36. The van der Waals surface area contributed by atoms with Crippen LogP contribution in [0.15, 0.2) is 30.3 Å². The van der Waals surface area contributed by atoms with Crippen LogP contribution in [0.2, 0.25) is 0 Å². The Balaban J connectivity index is 1.82. The lowest BCUT2D eigenvalue weighted by Gasteiger charge is -2.40. The second-order valence-electron chi connectivity index (χ2n) is 5.81. The van der Waals surface area contributed by atoms with E-state index in [1.54, 1.807) is 0 Å². The third-order valence-electron chi connectivity index (χ3n) is 4.13. The number of hydrogen-bond donors (Lipinski definition) is 1. The van der Waals surface area contributed by atoms with Crippen LogP contribution in [0.1, 0.15) is 33.6 Å². The normalized spacial score (nSPS) is 26.8. The summed E-state index contributed by atoms with van der Waals surface area (Å²) in [7, 11) is 0. The van der Waals surface area contributed by atoms with Crippen LogP contribution < -0.4 is 5.32 Å². The highest BCUT2D eigenvalue weighted by atomic mass is 15.2. The van der Waals surface area contributed by atoms with Gasteiger partial charge in [0.1, 0.15) is 0 Å². The van der Waals surface area contributed by atoms with Gasteiger partial charge in [-0.1, -0.05) is 25.1 Å². The van der Waals surface area contributed by atoms with Gasteiger partial charge in [0.2, 0.25) is 0 Å². The molecule has 2 heteroatoms. The largest absolute Gasteiger partial charge is 0.383 e. The van der Waals surface area contributed by atoms with Crippen LogP contribution >= 0.6 is 0 Å². The zero-order valence-electron chi connectivity index (χ0n) is 11.9. The number of para-hydroxylation sites is 1. The molecule has 0 aliphatic carbocycles. The maximum Gasteiger partial charge on any atom is 0.0340 e. The van der Waals surface area contributed by atoms with Gasteiger partial charge in [-0.15, -0.1) is 0 Å². The molecule has 0 bridgehead atoms. The third kappa shape index (κ3) is 3.49. The number of piperidine rings is 1. The van der Waals surface area contributed by atoms with E-state index in [9.17, 15) is 0 Å². The molecule has 2 rings (SSSR count). The minimum absolute atomic E-state index is 0.604. The molecule has 1 fully saturated rings. The fourth-order valence-corrected chi connectivity index (χ4v) is 3.02. The first kappa shape index (κ1) is 13.4. The number of nitrogens with zero attached hydrogens (tertiary/aromatic N) is 1. The fourth-order valence-electron chi connectivity index (χ4n) is 3.02. The van der Waals surface area contributed by atoms with E-state index in [0.29, 0.717) is 6.04 Å². The molecule has 100 valence electrons. The molecule has 0 aromatic heterocycles. The van der Waals surface area contributed by atoms with Gasteiger partial charge in [-0.3, -0.25) is 4.90 Å². The van der Waals surface area contributed by atoms with Gasteiger partial charge in [0.05, 0.1) is 0 Å². The maximum atomic E-state index is 3.53. The second-order valence-corrected chi connectivity index (χ2v) is 5.81. The van der Waals surface area contributed by atoms with Crippen molar-refractivity contribution in [3.63, 3.8) is 0 Å². The zero-order valence-corrected chi connectivity index (χ0v) is 11.9. The Morgan fingerprint density at radius 1 is 1.28 bits per heavy atom. The molecule has 1 aromatic rings. The number of likely N-dealkylation sites (tertiary alicyclic amines) is 1. The van der Waals surface area contributed by atoms with Crippen LogP contribution in [0.4, 0.5) is 5.69 Å². The summed E-state index contributed by atoms with van der Waals surface area (Å²) in [4.78, 5) is 2.65. The van der Waals surface area contributed by atoms with Gasteiger partial charge in [-0.25, -0.2) is 0 Å². The Hall–Kier alpha value is -1.02. The molecule has 0 radical (unpaired) electrons. The van der Waals surface area contributed by atoms with Crippen molar-refractivity contribution in [1.29, 1.82) is 0 Å². The average molecular weight is 246 g/mol. The molecule has 0 saturated carbocycles. The molecule has 0 amide bonds. The van der Waals surface area contributed by atoms with Crippen molar-refractivity contribution in [2.45, 2.75) is 45.7 Å². The first-order valence-corrected chi connectivity index (χ1v) is 7.21. The number of hydrogen-bond acceptors (Lipinski definition) is 2. The Kier molecular flexibility index (Phi) is 4.65. The highest BCUT2D eigenvalue weighted by molar-refractivity contribution is 5.42. The van der Waals surface area contributed by atoms with Crippen molar-refractivity contribution in [2.24, 2.45) is 5.92 Å². The van der Waals surface area contributed by atoms with E-state index in [2.05, 4.69) is 61.3 Å². The van der Waals surface area contributed by atoms with E-state index in [0.717, 1.165) is 18.5 Å². The summed E-state index contributed by atoms with van der Waals surface area (Å²) in [5, 5.41) is 3.53. The molecule has 3 unspecified atom stereocenters. The van der Waals surface area contributed by atoms with Gasteiger partial charge in [0.15, 0.2) is 0 Å². The molecular weight excluding hydrogens is 220 g/mol. The van der Waals surface area contributed by atoms with Crippen molar-refractivity contribution >= 4 is 5.69 Å². The smallest absolute Gasteiger partial charge is 0.0340 e. The molecule has 3 atom stereocenters. The number of anilines is 1. The fraction of sp³-hybridized carbons (Fsp3) is 0.625. The summed E-state index contributed by atoms with van der Waals surface area (Å²) in [6, 6.07) is 11.8. The second kappa shape index (κ2) is 6.24. The highest BCUT2D eigenvalue weighted by Crippen LogP contribution is 2.24. The molecule has 1 N–H and O–H groups in total. The number of rotatable bonds is 4. The van der Waals surface area contributed by atoms with Crippen LogP contribution in [0.25, 0.3) is 0 Å². The Morgan fingerprint density at radius 3 is 2.67 bits per heavy atom. The molecule has 2 nitrogen and oxygen atoms in total. The summed E-state index contributed by atoms with van der Waals surface area (Å²) < 4.78 is 0.